The molecule has 0 atom stereocenters. The fraction of sp³-hybridized carbons (Fsp3) is 0.250. The van der Waals surface area contributed by atoms with Crippen molar-refractivity contribution in [1.82, 2.24) is 29.9 Å². The number of nitrogens with zero attached hydrogens (tertiary/aromatic N) is 4. The first-order valence-corrected chi connectivity index (χ1v) is 16.6. The van der Waals surface area contributed by atoms with E-state index in [9.17, 15) is 26.3 Å². The molecule has 0 unspecified atom stereocenters. The molecule has 4 aromatic heterocycles. The molecule has 0 saturated carbocycles. The lowest BCUT2D eigenvalue weighted by Crippen LogP contribution is -2.19. The van der Waals surface area contributed by atoms with E-state index < -0.39 is 25.6 Å². The van der Waals surface area contributed by atoms with Gasteiger partial charge in [0.15, 0.2) is 23.5 Å². The average Bonchev–Trinajstić information content (AvgIpc) is 3.64. The number of pyridine rings is 2. The molecule has 6 rings (SSSR count). The number of halogens is 6. The Kier molecular flexibility index (Phi) is 9.83. The van der Waals surface area contributed by atoms with E-state index >= 15 is 0 Å². The van der Waals surface area contributed by atoms with Crippen LogP contribution in [-0.4, -0.2) is 55.5 Å². The Labute approximate surface area is 283 Å². The summed E-state index contributed by atoms with van der Waals surface area (Å²) in [5.74, 6) is 1.04. The number of hydrogen-bond acceptors (Lipinski definition) is 9. The minimum absolute atomic E-state index is 0.140. The summed E-state index contributed by atoms with van der Waals surface area (Å²) >= 11 is 2.75. The molecular weight excluding hydrogens is 693 g/mol. The largest absolute Gasteiger partial charge is 0.484 e. The SMILES string of the molecule is Cc1c(OCC(F)(F)F)ccnc1CSc1nc2ccc(Nc3ccc4nc(SCc5nccc(OCC(F)(F)F)c5C)[nH]c4c3)cc2[nH]1. The van der Waals surface area contributed by atoms with E-state index in [2.05, 4.69) is 35.2 Å². The monoisotopic (exact) mass is 719 g/mol. The highest BCUT2D eigenvalue weighted by Gasteiger charge is 2.29. The molecule has 0 fully saturated rings. The number of rotatable bonds is 12. The maximum absolute atomic E-state index is 12.6. The van der Waals surface area contributed by atoms with E-state index in [1.54, 1.807) is 13.8 Å². The number of thioether (sulfide) groups is 2. The molecule has 0 aliphatic carbocycles. The van der Waals surface area contributed by atoms with Gasteiger partial charge in [-0.05, 0) is 62.4 Å². The van der Waals surface area contributed by atoms with Gasteiger partial charge in [0, 0.05) is 46.4 Å². The number of fused-ring (bicyclic) bond motifs is 2. The van der Waals surface area contributed by atoms with Crippen LogP contribution in [0.15, 0.2) is 71.2 Å². The van der Waals surface area contributed by atoms with Crippen molar-refractivity contribution in [1.29, 1.82) is 0 Å². The van der Waals surface area contributed by atoms with Gasteiger partial charge >= 0.3 is 12.4 Å². The standard InChI is InChI=1S/C32H27F6N7O2S2/c1-17-25(39-9-7-27(17)46-15-31(33,34)35)13-48-29-42-21-5-3-19(11-23(21)44-29)41-20-4-6-22-24(12-20)45-30(43-22)49-14-26-18(2)28(8-10-40-26)47-16-32(36,37)38/h3-12,41H,13-16H2,1-2H3,(H,42,44)(H,43,45). The van der Waals surface area contributed by atoms with Crippen LogP contribution in [0, 0.1) is 13.8 Å². The van der Waals surface area contributed by atoms with Crippen LogP contribution in [0.3, 0.4) is 0 Å². The molecule has 9 nitrogen and oxygen atoms in total. The topological polar surface area (TPSA) is 114 Å². The smallest absolute Gasteiger partial charge is 0.422 e. The van der Waals surface area contributed by atoms with E-state index in [0.29, 0.717) is 44.3 Å². The van der Waals surface area contributed by atoms with Gasteiger partial charge in [0.1, 0.15) is 11.5 Å². The summed E-state index contributed by atoms with van der Waals surface area (Å²) in [6, 6.07) is 14.2. The van der Waals surface area contributed by atoms with Crippen molar-refractivity contribution in [2.75, 3.05) is 18.5 Å². The third-order valence-corrected chi connectivity index (χ3v) is 8.97. The molecule has 256 valence electrons. The van der Waals surface area contributed by atoms with Gasteiger partial charge < -0.3 is 24.8 Å². The number of anilines is 2. The predicted molar refractivity (Wildman–Crippen MR) is 176 cm³/mol. The average molecular weight is 720 g/mol. The second kappa shape index (κ2) is 14.1. The van der Waals surface area contributed by atoms with Gasteiger partial charge in [-0.1, -0.05) is 23.5 Å². The number of ether oxygens (including phenoxy) is 2. The number of nitrogens with one attached hydrogen (secondary N) is 3. The van der Waals surface area contributed by atoms with Crippen molar-refractivity contribution < 1.29 is 35.8 Å². The molecule has 4 heterocycles. The number of aromatic nitrogens is 6. The number of H-pyrrole nitrogens is 2. The highest BCUT2D eigenvalue weighted by atomic mass is 32.2. The Bertz CT molecular complexity index is 1950. The lowest BCUT2D eigenvalue weighted by molar-refractivity contribution is -0.154. The molecule has 49 heavy (non-hydrogen) atoms. The molecule has 6 aromatic rings. The third-order valence-electron chi connectivity index (χ3n) is 7.20. The second-order valence-electron chi connectivity index (χ2n) is 10.8. The summed E-state index contributed by atoms with van der Waals surface area (Å²) in [6.45, 7) is 0.608. The van der Waals surface area contributed by atoms with Crippen molar-refractivity contribution in [2.24, 2.45) is 0 Å². The molecule has 3 N–H and O–H groups in total. The van der Waals surface area contributed by atoms with Crippen LogP contribution in [0.2, 0.25) is 0 Å². The highest BCUT2D eigenvalue weighted by Crippen LogP contribution is 2.31. The Hall–Kier alpha value is -4.64. The van der Waals surface area contributed by atoms with Gasteiger partial charge in [0.2, 0.25) is 0 Å². The van der Waals surface area contributed by atoms with Crippen molar-refractivity contribution in [2.45, 2.75) is 48.0 Å². The van der Waals surface area contributed by atoms with Crippen LogP contribution >= 0.6 is 23.5 Å². The van der Waals surface area contributed by atoms with E-state index in [-0.39, 0.29) is 11.5 Å². The van der Waals surface area contributed by atoms with Crippen molar-refractivity contribution in [3.8, 4) is 11.5 Å². The number of benzene rings is 2. The van der Waals surface area contributed by atoms with Crippen LogP contribution in [0.4, 0.5) is 37.7 Å². The molecule has 17 heteroatoms. The predicted octanol–water partition coefficient (Wildman–Crippen LogP) is 9.06. The molecule has 0 spiro atoms. The first-order chi connectivity index (χ1) is 23.3. The Morgan fingerprint density at radius 1 is 0.653 bits per heavy atom. The Morgan fingerprint density at radius 2 is 1.08 bits per heavy atom. The quantitative estimate of drug-likeness (QED) is 0.0842. The summed E-state index contributed by atoms with van der Waals surface area (Å²) in [6.07, 6.45) is -6.01. The van der Waals surface area contributed by atoms with Crippen LogP contribution < -0.4 is 14.8 Å². The number of aromatic amines is 2. The Morgan fingerprint density at radius 3 is 1.49 bits per heavy atom. The lowest BCUT2D eigenvalue weighted by atomic mass is 10.2. The zero-order valence-corrected chi connectivity index (χ0v) is 27.4. The number of alkyl halides is 6. The summed E-state index contributed by atoms with van der Waals surface area (Å²) in [7, 11) is 0. The fourth-order valence-corrected chi connectivity index (χ4v) is 6.56. The van der Waals surface area contributed by atoms with E-state index in [0.717, 1.165) is 33.4 Å². The molecular formula is C32H27F6N7O2S2. The van der Waals surface area contributed by atoms with Crippen molar-refractivity contribution in [3.05, 3.63) is 83.4 Å². The number of hydrogen-bond donors (Lipinski definition) is 3. The van der Waals surface area contributed by atoms with Crippen LogP contribution in [0.1, 0.15) is 22.5 Å². The summed E-state index contributed by atoms with van der Waals surface area (Å²) in [5, 5.41) is 4.64. The van der Waals surface area contributed by atoms with E-state index in [1.807, 2.05) is 36.4 Å². The minimum atomic E-state index is -4.43. The zero-order chi connectivity index (χ0) is 34.8. The van der Waals surface area contributed by atoms with Gasteiger partial charge in [-0.3, -0.25) is 9.97 Å². The van der Waals surface area contributed by atoms with E-state index in [1.165, 1.54) is 48.1 Å². The Balaban J connectivity index is 1.08. The summed E-state index contributed by atoms with van der Waals surface area (Å²) < 4.78 is 85.5. The maximum atomic E-state index is 12.6. The molecule has 2 aromatic carbocycles. The van der Waals surface area contributed by atoms with Gasteiger partial charge in [-0.25, -0.2) is 9.97 Å². The van der Waals surface area contributed by atoms with Gasteiger partial charge in [0.05, 0.1) is 33.5 Å². The summed E-state index contributed by atoms with van der Waals surface area (Å²) in [5.41, 5.74) is 6.95. The summed E-state index contributed by atoms with van der Waals surface area (Å²) in [4.78, 5) is 24.4. The van der Waals surface area contributed by atoms with Crippen LogP contribution in [0.25, 0.3) is 22.1 Å². The van der Waals surface area contributed by atoms with Gasteiger partial charge in [0.25, 0.3) is 0 Å². The first-order valence-electron chi connectivity index (χ1n) is 14.6. The second-order valence-corrected chi connectivity index (χ2v) is 12.7. The fourth-order valence-electron chi connectivity index (χ4n) is 4.75. The molecule has 0 bridgehead atoms. The normalized spacial score (nSPS) is 12.2. The van der Waals surface area contributed by atoms with Gasteiger partial charge in [-0.15, -0.1) is 0 Å². The highest BCUT2D eigenvalue weighted by molar-refractivity contribution is 7.98. The zero-order valence-electron chi connectivity index (χ0n) is 25.8. The number of imidazole rings is 2. The molecule has 0 aliphatic heterocycles. The molecule has 0 aliphatic rings. The van der Waals surface area contributed by atoms with Crippen molar-refractivity contribution in [3.63, 3.8) is 0 Å². The lowest BCUT2D eigenvalue weighted by Gasteiger charge is -2.13. The van der Waals surface area contributed by atoms with Gasteiger partial charge in [-0.2, -0.15) is 26.3 Å². The first kappa shape index (κ1) is 34.2. The third kappa shape index (κ3) is 8.89. The molecule has 0 saturated heterocycles. The van der Waals surface area contributed by atoms with Crippen LogP contribution in [0.5, 0.6) is 11.5 Å². The van der Waals surface area contributed by atoms with Crippen molar-refractivity contribution >= 4 is 57.0 Å². The van der Waals surface area contributed by atoms with Crippen LogP contribution in [-0.2, 0) is 11.5 Å². The maximum Gasteiger partial charge on any atom is 0.422 e. The minimum Gasteiger partial charge on any atom is -0.484 e. The molecule has 0 amide bonds. The molecule has 0 radical (unpaired) electrons. The van der Waals surface area contributed by atoms with E-state index in [4.69, 9.17) is 9.47 Å².